The van der Waals surface area contributed by atoms with E-state index in [0.717, 1.165) is 4.57 Å². The van der Waals surface area contributed by atoms with Crippen LogP contribution in [0, 0.1) is 0 Å². The number of benzene rings is 1. The number of aromatic nitrogens is 2. The van der Waals surface area contributed by atoms with Gasteiger partial charge < -0.3 is 4.57 Å². The monoisotopic (exact) mass is 316 g/mol. The molecule has 2 rings (SSSR count). The van der Waals surface area contributed by atoms with Crippen LogP contribution < -0.4 is 0 Å². The summed E-state index contributed by atoms with van der Waals surface area (Å²) in [5.74, 6) is 0.00215. The molecule has 0 saturated carbocycles. The number of hydrogen-bond donors (Lipinski definition) is 0. The highest BCUT2D eigenvalue weighted by atomic mass is 35.5. The van der Waals surface area contributed by atoms with Gasteiger partial charge in [0.15, 0.2) is 0 Å². The second-order valence-electron chi connectivity index (χ2n) is 3.62. The minimum Gasteiger partial charge on any atom is -0.318 e. The summed E-state index contributed by atoms with van der Waals surface area (Å²) in [6.07, 6.45) is -4.36. The Hall–Kier alpha value is -0.650. The first-order valence-corrected chi connectivity index (χ1v) is 6.08. The topological polar surface area (TPSA) is 17.8 Å². The molecule has 0 radical (unpaired) electrons. The first-order chi connectivity index (χ1) is 8.31. The number of alkyl halides is 4. The van der Waals surface area contributed by atoms with Crippen LogP contribution in [0.25, 0.3) is 11.0 Å². The fourth-order valence-corrected chi connectivity index (χ4v) is 2.15. The summed E-state index contributed by atoms with van der Waals surface area (Å²) in [5.41, 5.74) is 0.599. The second kappa shape index (κ2) is 4.79. The predicted molar refractivity (Wildman–Crippen MR) is 65.4 cm³/mol. The molecule has 0 spiro atoms. The van der Waals surface area contributed by atoms with E-state index >= 15 is 0 Å². The van der Waals surface area contributed by atoms with Gasteiger partial charge >= 0.3 is 6.18 Å². The fourth-order valence-electron chi connectivity index (χ4n) is 1.63. The molecule has 2 nitrogen and oxygen atoms in total. The van der Waals surface area contributed by atoms with Gasteiger partial charge in [0.25, 0.3) is 0 Å². The van der Waals surface area contributed by atoms with Crippen molar-refractivity contribution < 1.29 is 13.2 Å². The maximum absolute atomic E-state index is 12.5. The largest absolute Gasteiger partial charge is 0.406 e. The molecular formula is C10H6Cl3F3N2. The van der Waals surface area contributed by atoms with Gasteiger partial charge in [-0.1, -0.05) is 23.2 Å². The van der Waals surface area contributed by atoms with Crippen molar-refractivity contribution in [3.8, 4) is 0 Å². The predicted octanol–water partition coefficient (Wildman–Crippen LogP) is 4.64. The third-order valence-electron chi connectivity index (χ3n) is 2.33. The quantitative estimate of drug-likeness (QED) is 0.738. The third kappa shape index (κ3) is 2.68. The number of nitrogens with zero attached hydrogens (tertiary/aromatic N) is 2. The summed E-state index contributed by atoms with van der Waals surface area (Å²) in [6.45, 7) is -1.16. The number of fused-ring (bicyclic) bond motifs is 1. The Morgan fingerprint density at radius 2 is 1.78 bits per heavy atom. The highest BCUT2D eigenvalue weighted by Crippen LogP contribution is 2.30. The first-order valence-electron chi connectivity index (χ1n) is 4.78. The molecule has 0 unspecified atom stereocenters. The molecule has 2 aromatic rings. The van der Waals surface area contributed by atoms with Crippen molar-refractivity contribution in [2.45, 2.75) is 18.6 Å². The van der Waals surface area contributed by atoms with E-state index in [1.807, 2.05) is 0 Å². The molecule has 1 heterocycles. The number of halogens is 6. The summed E-state index contributed by atoms with van der Waals surface area (Å²) in [4.78, 5) is 4.01. The molecule has 0 aliphatic carbocycles. The number of rotatable bonds is 2. The van der Waals surface area contributed by atoms with Crippen LogP contribution in [0.15, 0.2) is 12.1 Å². The summed E-state index contributed by atoms with van der Waals surface area (Å²) >= 11 is 17.2. The lowest BCUT2D eigenvalue weighted by molar-refractivity contribution is -0.140. The molecule has 0 bridgehead atoms. The van der Waals surface area contributed by atoms with Gasteiger partial charge in [-0.05, 0) is 12.1 Å². The number of imidazole rings is 1. The van der Waals surface area contributed by atoms with Gasteiger partial charge in [-0.3, -0.25) is 0 Å². The summed E-state index contributed by atoms with van der Waals surface area (Å²) < 4.78 is 38.5. The van der Waals surface area contributed by atoms with E-state index in [4.69, 9.17) is 34.8 Å². The molecule has 1 aromatic carbocycles. The SMILES string of the molecule is FC(F)(F)Cn1c(CCl)nc2cc(Cl)c(Cl)cc21. The van der Waals surface area contributed by atoms with E-state index in [2.05, 4.69) is 4.98 Å². The van der Waals surface area contributed by atoms with Crippen LogP contribution in [-0.4, -0.2) is 15.7 Å². The summed E-state index contributed by atoms with van der Waals surface area (Å²) in [5, 5.41) is 0.413. The Morgan fingerprint density at radius 1 is 1.17 bits per heavy atom. The van der Waals surface area contributed by atoms with Gasteiger partial charge in [0.2, 0.25) is 0 Å². The fraction of sp³-hybridized carbons (Fsp3) is 0.300. The smallest absolute Gasteiger partial charge is 0.318 e. The maximum atomic E-state index is 12.5. The van der Waals surface area contributed by atoms with Crippen LogP contribution in [0.2, 0.25) is 10.0 Å². The van der Waals surface area contributed by atoms with Crippen molar-refractivity contribution in [2.24, 2.45) is 0 Å². The van der Waals surface area contributed by atoms with Gasteiger partial charge in [-0.25, -0.2) is 4.98 Å². The van der Waals surface area contributed by atoms with Gasteiger partial charge in [-0.2, -0.15) is 13.2 Å². The minimum atomic E-state index is -4.36. The van der Waals surface area contributed by atoms with Crippen LogP contribution >= 0.6 is 34.8 Å². The Kier molecular flexibility index (Phi) is 3.67. The van der Waals surface area contributed by atoms with Crippen LogP contribution in [0.3, 0.4) is 0 Å². The van der Waals surface area contributed by atoms with E-state index < -0.39 is 12.7 Å². The lowest BCUT2D eigenvalue weighted by Crippen LogP contribution is -2.19. The molecule has 0 fully saturated rings. The molecule has 98 valence electrons. The second-order valence-corrected chi connectivity index (χ2v) is 4.70. The Balaban J connectivity index is 2.65. The number of hydrogen-bond acceptors (Lipinski definition) is 1. The molecule has 0 saturated heterocycles. The van der Waals surface area contributed by atoms with E-state index in [1.165, 1.54) is 12.1 Å². The minimum absolute atomic E-state index is 0.125. The van der Waals surface area contributed by atoms with Crippen molar-refractivity contribution in [1.29, 1.82) is 0 Å². The average Bonchev–Trinajstić information content (AvgIpc) is 2.55. The molecular weight excluding hydrogens is 311 g/mol. The van der Waals surface area contributed by atoms with Crippen molar-refractivity contribution in [3.05, 3.63) is 28.0 Å². The molecule has 0 atom stereocenters. The zero-order valence-electron chi connectivity index (χ0n) is 8.73. The van der Waals surface area contributed by atoms with Crippen molar-refractivity contribution in [2.75, 3.05) is 0 Å². The first kappa shape index (κ1) is 13.8. The van der Waals surface area contributed by atoms with Crippen molar-refractivity contribution in [1.82, 2.24) is 9.55 Å². The molecule has 1 aromatic heterocycles. The average molecular weight is 318 g/mol. The van der Waals surface area contributed by atoms with Crippen LogP contribution in [0.1, 0.15) is 5.82 Å². The van der Waals surface area contributed by atoms with E-state index in [9.17, 15) is 13.2 Å². The lowest BCUT2D eigenvalue weighted by Gasteiger charge is -2.10. The zero-order valence-corrected chi connectivity index (χ0v) is 11.0. The maximum Gasteiger partial charge on any atom is 0.406 e. The van der Waals surface area contributed by atoms with Crippen LogP contribution in [0.4, 0.5) is 13.2 Å². The normalized spacial score (nSPS) is 12.3. The Labute approximate surface area is 115 Å². The highest BCUT2D eigenvalue weighted by Gasteiger charge is 2.30. The van der Waals surface area contributed by atoms with Gasteiger partial charge in [0.1, 0.15) is 12.4 Å². The van der Waals surface area contributed by atoms with Crippen LogP contribution in [0.5, 0.6) is 0 Å². The summed E-state index contributed by atoms with van der Waals surface area (Å²) in [7, 11) is 0. The van der Waals surface area contributed by atoms with E-state index in [1.54, 1.807) is 0 Å². The zero-order chi connectivity index (χ0) is 13.5. The van der Waals surface area contributed by atoms with Gasteiger partial charge in [0.05, 0.1) is 27.0 Å². The molecule has 0 amide bonds. The van der Waals surface area contributed by atoms with Crippen molar-refractivity contribution in [3.63, 3.8) is 0 Å². The van der Waals surface area contributed by atoms with Gasteiger partial charge in [0, 0.05) is 0 Å². The standard InChI is InChI=1S/C10H6Cl3F3N2/c11-3-9-17-7-1-5(12)6(13)2-8(7)18(9)4-10(14,15)16/h1-2H,3-4H2. The van der Waals surface area contributed by atoms with Crippen molar-refractivity contribution >= 4 is 45.8 Å². The lowest BCUT2D eigenvalue weighted by atomic mass is 10.3. The molecule has 18 heavy (non-hydrogen) atoms. The van der Waals surface area contributed by atoms with Crippen LogP contribution in [-0.2, 0) is 12.4 Å². The Bertz CT molecular complexity index is 592. The Morgan fingerprint density at radius 3 is 2.33 bits per heavy atom. The molecule has 0 N–H and O–H groups in total. The third-order valence-corrected chi connectivity index (χ3v) is 3.29. The highest BCUT2D eigenvalue weighted by molar-refractivity contribution is 6.42. The van der Waals surface area contributed by atoms with E-state index in [0.29, 0.717) is 5.52 Å². The molecule has 8 heteroatoms. The van der Waals surface area contributed by atoms with Gasteiger partial charge in [-0.15, -0.1) is 11.6 Å². The molecule has 0 aliphatic rings. The summed E-state index contributed by atoms with van der Waals surface area (Å²) in [6, 6.07) is 2.77. The molecule has 0 aliphatic heterocycles. The van der Waals surface area contributed by atoms with E-state index in [-0.39, 0.29) is 27.3 Å².